The molecular formula is C12H17BrN2OS. The molecule has 3 nitrogen and oxygen atoms in total. The normalized spacial score (nSPS) is 12.0. The number of anilines is 1. The maximum atomic E-state index is 5.21. The van der Waals surface area contributed by atoms with Crippen LogP contribution in [0.1, 0.15) is 12.5 Å². The summed E-state index contributed by atoms with van der Waals surface area (Å²) in [6, 6.07) is 6.21. The van der Waals surface area contributed by atoms with Crippen molar-refractivity contribution in [2.45, 2.75) is 19.9 Å². The van der Waals surface area contributed by atoms with Crippen molar-refractivity contribution in [3.8, 4) is 0 Å². The van der Waals surface area contributed by atoms with Gasteiger partial charge in [0.25, 0.3) is 0 Å². The van der Waals surface area contributed by atoms with E-state index < -0.39 is 0 Å². The number of benzene rings is 1. The van der Waals surface area contributed by atoms with Crippen molar-refractivity contribution in [3.63, 3.8) is 0 Å². The number of thiocarbonyl (C=S) groups is 1. The van der Waals surface area contributed by atoms with Gasteiger partial charge in [-0.2, -0.15) is 0 Å². The first-order valence-corrected chi connectivity index (χ1v) is 6.55. The molecule has 0 unspecified atom stereocenters. The molecule has 5 heteroatoms. The van der Waals surface area contributed by atoms with Gasteiger partial charge in [-0.25, -0.2) is 0 Å². The van der Waals surface area contributed by atoms with Gasteiger partial charge in [0.05, 0.1) is 6.61 Å². The first-order valence-electron chi connectivity index (χ1n) is 5.35. The number of aryl methyl sites for hydroxylation is 1. The van der Waals surface area contributed by atoms with Crippen LogP contribution in [0.25, 0.3) is 0 Å². The highest BCUT2D eigenvalue weighted by Gasteiger charge is 2.04. The van der Waals surface area contributed by atoms with Crippen molar-refractivity contribution in [1.29, 1.82) is 0 Å². The lowest BCUT2D eigenvalue weighted by molar-refractivity contribution is 0.179. The quantitative estimate of drug-likeness (QED) is 0.836. The minimum Gasteiger partial charge on any atom is -0.383 e. The topological polar surface area (TPSA) is 33.3 Å². The largest absolute Gasteiger partial charge is 0.383 e. The predicted octanol–water partition coefficient (Wildman–Crippen LogP) is 3.08. The van der Waals surface area contributed by atoms with Gasteiger partial charge in [-0.1, -0.05) is 15.9 Å². The fraction of sp³-hybridized carbons (Fsp3) is 0.417. The summed E-state index contributed by atoms with van der Waals surface area (Å²) in [6.07, 6.45) is 0. The van der Waals surface area contributed by atoms with Crippen molar-refractivity contribution < 1.29 is 4.74 Å². The van der Waals surface area contributed by atoms with Crippen LogP contribution >= 0.6 is 28.1 Å². The first-order chi connectivity index (χ1) is 8.02. The first kappa shape index (κ1) is 14.4. The molecule has 0 bridgehead atoms. The van der Waals surface area contributed by atoms with E-state index in [2.05, 4.69) is 26.6 Å². The van der Waals surface area contributed by atoms with E-state index in [-0.39, 0.29) is 6.04 Å². The smallest absolute Gasteiger partial charge is 0.171 e. The molecule has 0 aliphatic carbocycles. The lowest BCUT2D eigenvalue weighted by atomic mass is 10.2. The summed E-state index contributed by atoms with van der Waals surface area (Å²) in [5.41, 5.74) is 2.15. The van der Waals surface area contributed by atoms with Crippen molar-refractivity contribution in [2.24, 2.45) is 0 Å². The summed E-state index contributed by atoms with van der Waals surface area (Å²) in [5.74, 6) is 0. The third-order valence-corrected chi connectivity index (χ3v) is 3.32. The third kappa shape index (κ3) is 5.02. The standard InChI is InChI=1S/C12H17BrN2OS/c1-8-6-10(4-5-11(8)13)15-12(17)14-9(2)7-16-3/h4-6,9H,7H2,1-3H3,(H2,14,15,17)/t9-/m1/s1. The molecule has 94 valence electrons. The molecule has 1 aromatic rings. The SMILES string of the molecule is COC[C@@H](C)NC(=S)Nc1ccc(Br)c(C)c1. The monoisotopic (exact) mass is 316 g/mol. The van der Waals surface area contributed by atoms with Crippen LogP contribution < -0.4 is 10.6 Å². The van der Waals surface area contributed by atoms with Gasteiger partial charge in [-0.15, -0.1) is 0 Å². The molecule has 0 heterocycles. The Morgan fingerprint density at radius 2 is 2.24 bits per heavy atom. The molecule has 0 saturated heterocycles. The molecule has 2 N–H and O–H groups in total. The van der Waals surface area contributed by atoms with E-state index in [1.807, 2.05) is 32.0 Å². The Kier molecular flexibility index (Phi) is 5.88. The van der Waals surface area contributed by atoms with Crippen LogP contribution in [0.3, 0.4) is 0 Å². The highest BCUT2D eigenvalue weighted by atomic mass is 79.9. The number of hydrogen-bond donors (Lipinski definition) is 2. The Bertz CT molecular complexity index is 398. The van der Waals surface area contributed by atoms with Gasteiger partial charge in [-0.05, 0) is 49.8 Å². The Hall–Kier alpha value is -0.650. The zero-order valence-electron chi connectivity index (χ0n) is 10.2. The number of hydrogen-bond acceptors (Lipinski definition) is 2. The number of ether oxygens (including phenoxy) is 1. The van der Waals surface area contributed by atoms with E-state index in [0.717, 1.165) is 10.2 Å². The minimum absolute atomic E-state index is 0.191. The zero-order chi connectivity index (χ0) is 12.8. The maximum absolute atomic E-state index is 5.21. The highest BCUT2D eigenvalue weighted by molar-refractivity contribution is 9.10. The average molecular weight is 317 g/mol. The minimum atomic E-state index is 0.191. The van der Waals surface area contributed by atoms with Crippen molar-refractivity contribution in [3.05, 3.63) is 28.2 Å². The number of halogens is 1. The molecule has 0 radical (unpaired) electrons. The molecule has 1 atom stereocenters. The molecule has 1 aromatic carbocycles. The summed E-state index contributed by atoms with van der Waals surface area (Å²) in [4.78, 5) is 0. The Labute approximate surface area is 116 Å². The van der Waals surface area contributed by atoms with E-state index in [9.17, 15) is 0 Å². The summed E-state index contributed by atoms with van der Waals surface area (Å²) in [6.45, 7) is 4.69. The zero-order valence-corrected chi connectivity index (χ0v) is 12.6. The Balaban J connectivity index is 2.53. The van der Waals surface area contributed by atoms with Crippen molar-refractivity contribution >= 4 is 38.9 Å². The second-order valence-electron chi connectivity index (χ2n) is 3.92. The summed E-state index contributed by atoms with van der Waals surface area (Å²) in [5, 5.41) is 6.90. The van der Waals surface area contributed by atoms with Crippen LogP contribution in [0.2, 0.25) is 0 Å². The van der Waals surface area contributed by atoms with Crippen molar-refractivity contribution in [2.75, 3.05) is 19.0 Å². The van der Waals surface area contributed by atoms with Gasteiger partial charge in [0.15, 0.2) is 5.11 Å². The Morgan fingerprint density at radius 1 is 1.53 bits per heavy atom. The van der Waals surface area contributed by atoms with Gasteiger partial charge in [0.1, 0.15) is 0 Å². The molecular weight excluding hydrogens is 300 g/mol. The lowest BCUT2D eigenvalue weighted by Crippen LogP contribution is -2.38. The van der Waals surface area contributed by atoms with E-state index in [0.29, 0.717) is 11.7 Å². The van der Waals surface area contributed by atoms with E-state index in [1.165, 1.54) is 5.56 Å². The number of nitrogens with one attached hydrogen (secondary N) is 2. The van der Waals surface area contributed by atoms with E-state index in [1.54, 1.807) is 7.11 Å². The molecule has 0 aliphatic rings. The summed E-state index contributed by atoms with van der Waals surface area (Å²) < 4.78 is 6.13. The van der Waals surface area contributed by atoms with Gasteiger partial charge in [0, 0.05) is 23.3 Å². The fourth-order valence-corrected chi connectivity index (χ4v) is 1.97. The molecule has 1 rings (SSSR count). The second kappa shape index (κ2) is 6.93. The maximum Gasteiger partial charge on any atom is 0.171 e. The number of rotatable bonds is 4. The van der Waals surface area contributed by atoms with Gasteiger partial charge < -0.3 is 15.4 Å². The van der Waals surface area contributed by atoms with Crippen LogP contribution in [0, 0.1) is 6.92 Å². The van der Waals surface area contributed by atoms with Crippen LogP contribution in [0.15, 0.2) is 22.7 Å². The predicted molar refractivity (Wildman–Crippen MR) is 79.6 cm³/mol. The summed E-state index contributed by atoms with van der Waals surface area (Å²) >= 11 is 8.68. The van der Waals surface area contributed by atoms with Gasteiger partial charge in [-0.3, -0.25) is 0 Å². The molecule has 0 amide bonds. The van der Waals surface area contributed by atoms with Gasteiger partial charge >= 0.3 is 0 Å². The molecule has 0 aliphatic heterocycles. The third-order valence-electron chi connectivity index (χ3n) is 2.21. The van der Waals surface area contributed by atoms with Crippen LogP contribution in [-0.2, 0) is 4.74 Å². The fourth-order valence-electron chi connectivity index (χ4n) is 1.41. The molecule has 0 fully saturated rings. The molecule has 0 saturated carbocycles. The van der Waals surface area contributed by atoms with Crippen LogP contribution in [-0.4, -0.2) is 24.9 Å². The second-order valence-corrected chi connectivity index (χ2v) is 5.18. The van der Waals surface area contributed by atoms with E-state index in [4.69, 9.17) is 17.0 Å². The molecule has 0 spiro atoms. The lowest BCUT2D eigenvalue weighted by Gasteiger charge is -2.16. The van der Waals surface area contributed by atoms with Crippen molar-refractivity contribution in [1.82, 2.24) is 5.32 Å². The molecule has 0 aromatic heterocycles. The van der Waals surface area contributed by atoms with Crippen LogP contribution in [0.5, 0.6) is 0 Å². The Morgan fingerprint density at radius 3 is 2.82 bits per heavy atom. The summed E-state index contributed by atoms with van der Waals surface area (Å²) in [7, 11) is 1.67. The average Bonchev–Trinajstić information content (AvgIpc) is 2.23. The molecule has 17 heavy (non-hydrogen) atoms. The van der Waals surface area contributed by atoms with E-state index >= 15 is 0 Å². The van der Waals surface area contributed by atoms with Gasteiger partial charge in [0.2, 0.25) is 0 Å². The number of methoxy groups -OCH3 is 1. The highest BCUT2D eigenvalue weighted by Crippen LogP contribution is 2.19. The van der Waals surface area contributed by atoms with Crippen LogP contribution in [0.4, 0.5) is 5.69 Å².